The van der Waals surface area contributed by atoms with Gasteiger partial charge in [0, 0.05) is 13.1 Å². The number of hydroxylamine groups is 1. The minimum atomic E-state index is -3.99. The van der Waals surface area contributed by atoms with Crippen molar-refractivity contribution in [3.05, 3.63) is 68.7 Å². The highest BCUT2D eigenvalue weighted by Crippen LogP contribution is 2.24. The summed E-state index contributed by atoms with van der Waals surface area (Å²) in [7, 11) is -1.62. The van der Waals surface area contributed by atoms with Gasteiger partial charge in [-0.05, 0) is 24.3 Å². The molecule has 0 amide bonds. The number of para-hydroxylation sites is 1. The summed E-state index contributed by atoms with van der Waals surface area (Å²) in [5.74, 6) is -0.921. The van der Waals surface area contributed by atoms with E-state index in [0.29, 0.717) is 4.47 Å². The molecule has 11 heteroatoms. The zero-order chi connectivity index (χ0) is 20.2. The number of ether oxygens (including phenoxy) is 1. The van der Waals surface area contributed by atoms with Crippen LogP contribution < -0.4 is 0 Å². The molecule has 0 spiro atoms. The quantitative estimate of drug-likeness (QED) is 0.388. The number of nitro benzene ring substituents is 1. The van der Waals surface area contributed by atoms with Crippen LogP contribution in [0.15, 0.2) is 47.4 Å². The van der Waals surface area contributed by atoms with Crippen LogP contribution in [0.4, 0.5) is 5.69 Å². The van der Waals surface area contributed by atoms with Gasteiger partial charge in [-0.3, -0.25) is 15.0 Å². The predicted molar refractivity (Wildman–Crippen MR) is 95.6 cm³/mol. The first-order valence-electron chi connectivity index (χ1n) is 7.40. The van der Waals surface area contributed by atoms with Crippen molar-refractivity contribution in [3.63, 3.8) is 0 Å². The van der Waals surface area contributed by atoms with Gasteiger partial charge in [0.15, 0.2) is 0 Å². The van der Waals surface area contributed by atoms with Gasteiger partial charge in [0.1, 0.15) is 6.61 Å². The first kappa shape index (κ1) is 20.8. The van der Waals surface area contributed by atoms with Crippen LogP contribution in [0.2, 0.25) is 5.02 Å². The molecule has 0 bridgehead atoms. The number of sulfonamides is 1. The van der Waals surface area contributed by atoms with Gasteiger partial charge in [-0.2, -0.15) is 0 Å². The van der Waals surface area contributed by atoms with Crippen LogP contribution in [-0.2, 0) is 26.2 Å². The fraction of sp³-hybridized carbons (Fsp3) is 0.188. The standard InChI is InChI=1S/C16H15ClN2O7S/c1-18(25-2)27(23,24)12-7-8-14(17)13(9-12)16(20)26-10-11-5-3-4-6-15(11)19(21)22/h3-9H,10H2,1-2H3. The highest BCUT2D eigenvalue weighted by molar-refractivity contribution is 7.89. The topological polar surface area (TPSA) is 116 Å². The Kier molecular flexibility index (Phi) is 6.50. The number of hydrogen-bond acceptors (Lipinski definition) is 7. The van der Waals surface area contributed by atoms with Crippen molar-refractivity contribution in [2.24, 2.45) is 0 Å². The SMILES string of the molecule is CON(C)S(=O)(=O)c1ccc(Cl)c(C(=O)OCc2ccccc2[N+](=O)[O-])c1. The lowest BCUT2D eigenvalue weighted by molar-refractivity contribution is -0.385. The van der Waals surface area contributed by atoms with Gasteiger partial charge in [-0.1, -0.05) is 28.2 Å². The third-order valence-corrected chi connectivity index (χ3v) is 5.60. The molecule has 0 aliphatic carbocycles. The average molecular weight is 415 g/mol. The van der Waals surface area contributed by atoms with Crippen LogP contribution in [0.25, 0.3) is 0 Å². The fourth-order valence-electron chi connectivity index (χ4n) is 2.10. The van der Waals surface area contributed by atoms with Crippen molar-refractivity contribution < 1.29 is 27.7 Å². The zero-order valence-corrected chi connectivity index (χ0v) is 15.9. The van der Waals surface area contributed by atoms with Gasteiger partial charge in [0.25, 0.3) is 15.7 Å². The summed E-state index contributed by atoms with van der Waals surface area (Å²) >= 11 is 5.97. The van der Waals surface area contributed by atoms with E-state index in [9.17, 15) is 23.3 Å². The number of esters is 1. The summed E-state index contributed by atoms with van der Waals surface area (Å²) in [5, 5.41) is 11.0. The molecule has 0 aliphatic heterocycles. The molecule has 144 valence electrons. The Hall–Kier alpha value is -2.53. The Morgan fingerprint density at radius 2 is 1.93 bits per heavy atom. The van der Waals surface area contributed by atoms with E-state index in [2.05, 4.69) is 4.84 Å². The maximum absolute atomic E-state index is 12.3. The summed E-state index contributed by atoms with van der Waals surface area (Å²) in [6.07, 6.45) is 0. The second-order valence-corrected chi connectivity index (χ2v) is 7.54. The Labute approximate surface area is 160 Å². The van der Waals surface area contributed by atoms with Crippen LogP contribution in [0, 0.1) is 10.1 Å². The number of nitro groups is 1. The third-order valence-electron chi connectivity index (χ3n) is 3.60. The lowest BCUT2D eigenvalue weighted by atomic mass is 10.2. The zero-order valence-electron chi connectivity index (χ0n) is 14.3. The maximum Gasteiger partial charge on any atom is 0.340 e. The van der Waals surface area contributed by atoms with E-state index in [4.69, 9.17) is 16.3 Å². The number of benzene rings is 2. The number of carbonyl (C=O) groups excluding carboxylic acids is 1. The summed E-state index contributed by atoms with van der Waals surface area (Å²) < 4.78 is 30.3. The summed E-state index contributed by atoms with van der Waals surface area (Å²) in [4.78, 5) is 27.2. The van der Waals surface area contributed by atoms with Crippen molar-refractivity contribution in [3.8, 4) is 0 Å². The van der Waals surface area contributed by atoms with Crippen LogP contribution in [0.3, 0.4) is 0 Å². The minimum absolute atomic E-state index is 0.0263. The molecule has 9 nitrogen and oxygen atoms in total. The van der Waals surface area contributed by atoms with E-state index in [0.717, 1.165) is 6.07 Å². The lowest BCUT2D eigenvalue weighted by Crippen LogP contribution is -2.26. The molecular weight excluding hydrogens is 400 g/mol. The van der Waals surface area contributed by atoms with E-state index in [-0.39, 0.29) is 33.3 Å². The molecule has 2 rings (SSSR count). The van der Waals surface area contributed by atoms with Gasteiger partial charge in [0.05, 0.1) is 33.1 Å². The normalized spacial score (nSPS) is 11.4. The molecular formula is C16H15ClN2O7S. The summed E-state index contributed by atoms with van der Waals surface area (Å²) in [6, 6.07) is 9.28. The van der Waals surface area contributed by atoms with Gasteiger partial charge < -0.3 is 4.74 Å². The number of hydrogen-bond donors (Lipinski definition) is 0. The Morgan fingerprint density at radius 3 is 2.56 bits per heavy atom. The number of rotatable bonds is 7. The molecule has 0 unspecified atom stereocenters. The van der Waals surface area contributed by atoms with E-state index in [1.807, 2.05) is 0 Å². The van der Waals surface area contributed by atoms with Gasteiger partial charge in [-0.15, -0.1) is 0 Å². The predicted octanol–water partition coefficient (Wildman–Crippen LogP) is 2.79. The lowest BCUT2D eigenvalue weighted by Gasteiger charge is -2.15. The van der Waals surface area contributed by atoms with Crippen LogP contribution in [0.5, 0.6) is 0 Å². The molecule has 27 heavy (non-hydrogen) atoms. The molecule has 0 saturated heterocycles. The van der Waals surface area contributed by atoms with Gasteiger partial charge in [0.2, 0.25) is 0 Å². The van der Waals surface area contributed by atoms with Crippen LogP contribution >= 0.6 is 11.6 Å². The Morgan fingerprint density at radius 1 is 1.26 bits per heavy atom. The molecule has 0 N–H and O–H groups in total. The first-order valence-corrected chi connectivity index (χ1v) is 9.22. The highest BCUT2D eigenvalue weighted by atomic mass is 35.5. The van der Waals surface area contributed by atoms with Gasteiger partial charge >= 0.3 is 5.97 Å². The molecule has 2 aromatic carbocycles. The van der Waals surface area contributed by atoms with Crippen LogP contribution in [-0.4, -0.2) is 37.9 Å². The highest BCUT2D eigenvalue weighted by Gasteiger charge is 2.24. The van der Waals surface area contributed by atoms with E-state index >= 15 is 0 Å². The maximum atomic E-state index is 12.3. The van der Waals surface area contributed by atoms with E-state index in [1.54, 1.807) is 6.07 Å². The summed E-state index contributed by atoms with van der Waals surface area (Å²) in [5.41, 5.74) is -0.204. The van der Waals surface area contributed by atoms with Crippen molar-refractivity contribution in [2.45, 2.75) is 11.5 Å². The van der Waals surface area contributed by atoms with E-state index < -0.39 is 20.9 Å². The van der Waals surface area contributed by atoms with Crippen molar-refractivity contribution in [2.75, 3.05) is 14.2 Å². The van der Waals surface area contributed by atoms with Crippen molar-refractivity contribution in [1.82, 2.24) is 4.47 Å². The second kappa shape index (κ2) is 8.44. The number of halogens is 1. The molecule has 0 aromatic heterocycles. The largest absolute Gasteiger partial charge is 0.457 e. The molecule has 0 heterocycles. The monoisotopic (exact) mass is 414 g/mol. The van der Waals surface area contributed by atoms with Crippen molar-refractivity contribution >= 4 is 33.3 Å². The summed E-state index contributed by atoms with van der Waals surface area (Å²) in [6.45, 7) is -0.374. The first-order chi connectivity index (χ1) is 12.7. The van der Waals surface area contributed by atoms with E-state index in [1.165, 1.54) is 44.5 Å². The molecule has 0 fully saturated rings. The molecule has 0 radical (unpaired) electrons. The Balaban J connectivity index is 2.27. The smallest absolute Gasteiger partial charge is 0.340 e. The molecule has 0 aliphatic rings. The average Bonchev–Trinajstić information content (AvgIpc) is 2.65. The number of nitrogens with zero attached hydrogens (tertiary/aromatic N) is 2. The van der Waals surface area contributed by atoms with Gasteiger partial charge in [-0.25, -0.2) is 13.2 Å². The number of carbonyl (C=O) groups is 1. The molecule has 0 saturated carbocycles. The van der Waals surface area contributed by atoms with Crippen molar-refractivity contribution in [1.29, 1.82) is 0 Å². The Bertz CT molecular complexity index is 978. The molecule has 2 aromatic rings. The molecule has 0 atom stereocenters. The van der Waals surface area contributed by atoms with Crippen LogP contribution in [0.1, 0.15) is 15.9 Å². The minimum Gasteiger partial charge on any atom is -0.457 e. The second-order valence-electron chi connectivity index (χ2n) is 5.20. The third kappa shape index (κ3) is 4.61. The fourth-order valence-corrected chi connectivity index (χ4v) is 3.29.